The van der Waals surface area contributed by atoms with Crippen LogP contribution in [-0.2, 0) is 0 Å². The maximum atomic E-state index is 5.46. The predicted molar refractivity (Wildman–Crippen MR) is 59.2 cm³/mol. The molecule has 1 rings (SSSR count). The third-order valence-electron chi connectivity index (χ3n) is 1.81. The Balaban J connectivity index is 2.57. The summed E-state index contributed by atoms with van der Waals surface area (Å²) in [6.45, 7) is 2.06. The Bertz CT molecular complexity index is 272. The number of rotatable bonds is 4. The van der Waals surface area contributed by atoms with Crippen molar-refractivity contribution in [1.29, 1.82) is 0 Å². The Kier molecular flexibility index (Phi) is 3.56. The number of nitrogens with zero attached hydrogens (tertiary/aromatic N) is 3. The molecule has 2 N–H and O–H groups in total. The molecule has 0 bridgehead atoms. The first-order valence-corrected chi connectivity index (χ1v) is 5.07. The van der Waals surface area contributed by atoms with E-state index >= 15 is 0 Å². The Labute approximate surface area is 86.9 Å². The second kappa shape index (κ2) is 4.48. The van der Waals surface area contributed by atoms with Crippen LogP contribution in [0.25, 0.3) is 0 Å². The lowest BCUT2D eigenvalue weighted by Crippen LogP contribution is -2.32. The lowest BCUT2D eigenvalue weighted by atomic mass is 10.2. The molecule has 0 aliphatic heterocycles. The minimum Gasteiger partial charge on any atom is -0.393 e. The molecule has 1 heterocycles. The summed E-state index contributed by atoms with van der Waals surface area (Å²) >= 11 is 6.21. The highest BCUT2D eigenvalue weighted by Crippen LogP contribution is 2.16. The van der Waals surface area contributed by atoms with Crippen molar-refractivity contribution >= 4 is 33.9 Å². The normalized spacial score (nSPS) is 12.5. The van der Waals surface area contributed by atoms with Crippen LogP contribution in [0.5, 0.6) is 0 Å². The highest BCUT2D eigenvalue weighted by Gasteiger charge is 2.12. The van der Waals surface area contributed by atoms with E-state index in [0.717, 1.165) is 5.13 Å². The van der Waals surface area contributed by atoms with Gasteiger partial charge in [-0.15, -0.1) is 0 Å². The molecule has 0 saturated heterocycles. The molecule has 0 aliphatic carbocycles. The first-order chi connectivity index (χ1) is 6.11. The van der Waals surface area contributed by atoms with Gasteiger partial charge in [-0.05, 0) is 6.92 Å². The van der Waals surface area contributed by atoms with E-state index in [1.165, 1.54) is 11.5 Å². The largest absolute Gasteiger partial charge is 0.393 e. The van der Waals surface area contributed by atoms with Gasteiger partial charge in [0, 0.05) is 31.0 Å². The molecular formula is C7H12N4S2. The first-order valence-electron chi connectivity index (χ1n) is 3.89. The van der Waals surface area contributed by atoms with Gasteiger partial charge in [-0.2, -0.15) is 4.37 Å². The lowest BCUT2D eigenvalue weighted by Gasteiger charge is -2.22. The fraction of sp³-hybridized carbons (Fsp3) is 0.571. The lowest BCUT2D eigenvalue weighted by molar-refractivity contribution is 0.712. The molecular weight excluding hydrogens is 204 g/mol. The third-order valence-corrected chi connectivity index (χ3v) is 2.73. The van der Waals surface area contributed by atoms with Gasteiger partial charge in [0.1, 0.15) is 6.33 Å². The van der Waals surface area contributed by atoms with Crippen molar-refractivity contribution in [3.63, 3.8) is 0 Å². The number of hydrogen-bond acceptors (Lipinski definition) is 5. The molecule has 13 heavy (non-hydrogen) atoms. The quantitative estimate of drug-likeness (QED) is 0.762. The summed E-state index contributed by atoms with van der Waals surface area (Å²) in [6, 6.07) is 0.269. The van der Waals surface area contributed by atoms with Gasteiger partial charge >= 0.3 is 0 Å². The zero-order chi connectivity index (χ0) is 9.84. The maximum Gasteiger partial charge on any atom is 0.204 e. The summed E-state index contributed by atoms with van der Waals surface area (Å²) in [5, 5.41) is 0.892. The molecule has 1 unspecified atom stereocenters. The molecule has 0 spiro atoms. The van der Waals surface area contributed by atoms with Gasteiger partial charge in [0.15, 0.2) is 0 Å². The number of nitrogens with two attached hydrogens (primary N) is 1. The van der Waals surface area contributed by atoms with Gasteiger partial charge in [0.05, 0.1) is 4.99 Å². The summed E-state index contributed by atoms with van der Waals surface area (Å²) in [4.78, 5) is 6.65. The van der Waals surface area contributed by atoms with Crippen molar-refractivity contribution in [2.75, 3.05) is 11.9 Å². The molecule has 0 amide bonds. The molecule has 4 nitrogen and oxygen atoms in total. The predicted octanol–water partition coefficient (Wildman–Crippen LogP) is 1.04. The first kappa shape index (κ1) is 10.3. The second-order valence-corrected chi connectivity index (χ2v) is 4.14. The summed E-state index contributed by atoms with van der Waals surface area (Å²) < 4.78 is 3.93. The van der Waals surface area contributed by atoms with Crippen LogP contribution in [-0.4, -0.2) is 27.4 Å². The van der Waals surface area contributed by atoms with Crippen LogP contribution in [0.4, 0.5) is 5.13 Å². The summed E-state index contributed by atoms with van der Waals surface area (Å²) in [5.74, 6) is 0. The van der Waals surface area contributed by atoms with Gasteiger partial charge < -0.3 is 10.6 Å². The number of thiocarbonyl (C=S) groups is 1. The third kappa shape index (κ3) is 2.89. The molecule has 0 fully saturated rings. The monoisotopic (exact) mass is 216 g/mol. The minimum atomic E-state index is 0.269. The van der Waals surface area contributed by atoms with Crippen LogP contribution in [0.2, 0.25) is 0 Å². The van der Waals surface area contributed by atoms with Crippen LogP contribution in [0, 0.1) is 0 Å². The fourth-order valence-corrected chi connectivity index (χ4v) is 1.77. The standard InChI is InChI=1S/C7H12N4S2/c1-5(3-6(8)12)11(2)7-9-4-10-13-7/h4-5H,3H2,1-2H3,(H2,8,12). The van der Waals surface area contributed by atoms with Gasteiger partial charge in [0.25, 0.3) is 0 Å². The maximum absolute atomic E-state index is 5.46. The molecule has 0 radical (unpaired) electrons. The zero-order valence-electron chi connectivity index (χ0n) is 7.60. The van der Waals surface area contributed by atoms with E-state index in [1.54, 1.807) is 6.33 Å². The summed E-state index contributed by atoms with van der Waals surface area (Å²) in [6.07, 6.45) is 2.25. The Morgan fingerprint density at radius 2 is 2.54 bits per heavy atom. The van der Waals surface area contributed by atoms with E-state index in [1.807, 2.05) is 11.9 Å². The van der Waals surface area contributed by atoms with Crippen LogP contribution >= 0.6 is 23.8 Å². The van der Waals surface area contributed by atoms with Crippen molar-refractivity contribution in [1.82, 2.24) is 9.36 Å². The van der Waals surface area contributed by atoms with Gasteiger partial charge in [0.2, 0.25) is 5.13 Å². The molecule has 1 atom stereocenters. The van der Waals surface area contributed by atoms with Gasteiger partial charge in [-0.3, -0.25) is 0 Å². The SMILES string of the molecule is CC(CC(N)=S)N(C)c1ncns1. The van der Waals surface area contributed by atoms with Crippen molar-refractivity contribution in [2.45, 2.75) is 19.4 Å². The molecule has 6 heteroatoms. The number of hydrogen-bond donors (Lipinski definition) is 1. The van der Waals surface area contributed by atoms with Crippen molar-refractivity contribution in [3.8, 4) is 0 Å². The number of aromatic nitrogens is 2. The van der Waals surface area contributed by atoms with Crippen molar-refractivity contribution < 1.29 is 0 Å². The van der Waals surface area contributed by atoms with E-state index in [4.69, 9.17) is 18.0 Å². The minimum absolute atomic E-state index is 0.269. The number of anilines is 1. The average Bonchev–Trinajstić information content (AvgIpc) is 2.53. The molecule has 0 aromatic carbocycles. The van der Waals surface area contributed by atoms with E-state index in [0.29, 0.717) is 11.4 Å². The smallest absolute Gasteiger partial charge is 0.204 e. The highest BCUT2D eigenvalue weighted by molar-refractivity contribution is 7.80. The Morgan fingerprint density at radius 1 is 1.85 bits per heavy atom. The topological polar surface area (TPSA) is 55.0 Å². The van der Waals surface area contributed by atoms with E-state index < -0.39 is 0 Å². The van der Waals surface area contributed by atoms with Gasteiger partial charge in [-0.25, -0.2) is 4.98 Å². The van der Waals surface area contributed by atoms with E-state index in [-0.39, 0.29) is 6.04 Å². The van der Waals surface area contributed by atoms with Crippen molar-refractivity contribution in [2.24, 2.45) is 5.73 Å². The fourth-order valence-electron chi connectivity index (χ4n) is 0.939. The Morgan fingerprint density at radius 3 is 3.00 bits per heavy atom. The molecule has 0 saturated carbocycles. The van der Waals surface area contributed by atoms with Crippen LogP contribution in [0.15, 0.2) is 6.33 Å². The van der Waals surface area contributed by atoms with Gasteiger partial charge in [-0.1, -0.05) is 12.2 Å². The van der Waals surface area contributed by atoms with Crippen LogP contribution in [0.3, 0.4) is 0 Å². The molecule has 1 aromatic heterocycles. The summed E-state index contributed by atoms with van der Waals surface area (Å²) in [7, 11) is 1.96. The highest BCUT2D eigenvalue weighted by atomic mass is 32.1. The Hall–Kier alpha value is -0.750. The summed E-state index contributed by atoms with van der Waals surface area (Å²) in [5.41, 5.74) is 5.46. The zero-order valence-corrected chi connectivity index (χ0v) is 9.23. The molecule has 72 valence electrons. The van der Waals surface area contributed by atoms with E-state index in [9.17, 15) is 0 Å². The van der Waals surface area contributed by atoms with Crippen LogP contribution < -0.4 is 10.6 Å². The van der Waals surface area contributed by atoms with Crippen molar-refractivity contribution in [3.05, 3.63) is 6.33 Å². The second-order valence-electron chi connectivity index (χ2n) is 2.85. The average molecular weight is 216 g/mol. The van der Waals surface area contributed by atoms with Crippen LogP contribution in [0.1, 0.15) is 13.3 Å². The van der Waals surface area contributed by atoms with E-state index in [2.05, 4.69) is 16.3 Å². The molecule has 0 aliphatic rings. The molecule has 1 aromatic rings.